The molecule has 15 heavy (non-hydrogen) atoms. The number of carbonyl (C=O) groups excluding carboxylic acids is 1. The summed E-state index contributed by atoms with van der Waals surface area (Å²) >= 11 is 0. The van der Waals surface area contributed by atoms with E-state index < -0.39 is 0 Å². The number of hydrogen-bond donors (Lipinski definition) is 0. The zero-order chi connectivity index (χ0) is 11.8. The van der Waals surface area contributed by atoms with Crippen LogP contribution >= 0.6 is 0 Å². The molecule has 0 fully saturated rings. The Bertz CT molecular complexity index is 181. The summed E-state index contributed by atoms with van der Waals surface area (Å²) in [5.41, 5.74) is 0. The standard InChI is InChI=1S/C11H25N3O/c1-12(2)8-6-9-14(5)11(15)7-10-13(3)4/h6-10H2,1-5H3. The molecule has 0 rings (SSSR count). The summed E-state index contributed by atoms with van der Waals surface area (Å²) in [7, 11) is 9.95. The third kappa shape index (κ3) is 8.39. The highest BCUT2D eigenvalue weighted by Crippen LogP contribution is 1.95. The average Bonchev–Trinajstić information content (AvgIpc) is 2.13. The molecule has 4 nitrogen and oxygen atoms in total. The molecule has 0 heterocycles. The minimum Gasteiger partial charge on any atom is -0.346 e. The summed E-state index contributed by atoms with van der Waals surface area (Å²) in [5, 5.41) is 0. The van der Waals surface area contributed by atoms with Gasteiger partial charge in [0.25, 0.3) is 0 Å². The van der Waals surface area contributed by atoms with E-state index in [1.807, 2.05) is 45.0 Å². The lowest BCUT2D eigenvalue weighted by Crippen LogP contribution is -2.31. The summed E-state index contributed by atoms with van der Waals surface area (Å²) in [6, 6.07) is 0. The summed E-state index contributed by atoms with van der Waals surface area (Å²) < 4.78 is 0. The van der Waals surface area contributed by atoms with Gasteiger partial charge in [-0.25, -0.2) is 0 Å². The second kappa shape index (κ2) is 7.65. The molecule has 1 amide bonds. The third-order valence-electron chi connectivity index (χ3n) is 2.30. The molecule has 0 saturated heterocycles. The Morgan fingerprint density at radius 2 is 1.40 bits per heavy atom. The molecule has 0 aliphatic carbocycles. The Morgan fingerprint density at radius 3 is 1.87 bits per heavy atom. The van der Waals surface area contributed by atoms with Crippen LogP contribution in [0.1, 0.15) is 12.8 Å². The van der Waals surface area contributed by atoms with Gasteiger partial charge in [0.05, 0.1) is 0 Å². The molecule has 0 aromatic rings. The Kier molecular flexibility index (Phi) is 7.34. The minimum absolute atomic E-state index is 0.238. The lowest BCUT2D eigenvalue weighted by Gasteiger charge is -2.19. The van der Waals surface area contributed by atoms with Crippen molar-refractivity contribution in [2.45, 2.75) is 12.8 Å². The lowest BCUT2D eigenvalue weighted by molar-refractivity contribution is -0.130. The van der Waals surface area contributed by atoms with Gasteiger partial charge >= 0.3 is 0 Å². The van der Waals surface area contributed by atoms with E-state index in [0.717, 1.165) is 26.1 Å². The number of rotatable bonds is 7. The van der Waals surface area contributed by atoms with Gasteiger partial charge in [-0.1, -0.05) is 0 Å². The van der Waals surface area contributed by atoms with Crippen molar-refractivity contribution in [1.29, 1.82) is 0 Å². The Labute approximate surface area is 93.8 Å². The Morgan fingerprint density at radius 1 is 0.867 bits per heavy atom. The highest BCUT2D eigenvalue weighted by atomic mass is 16.2. The molecule has 0 aromatic carbocycles. The zero-order valence-electron chi connectivity index (χ0n) is 10.8. The highest BCUT2D eigenvalue weighted by Gasteiger charge is 2.08. The molecule has 4 heteroatoms. The van der Waals surface area contributed by atoms with Crippen LogP contribution in [0.5, 0.6) is 0 Å². The van der Waals surface area contributed by atoms with E-state index in [4.69, 9.17) is 0 Å². The molecule has 0 radical (unpaired) electrons. The van der Waals surface area contributed by atoms with Gasteiger partial charge in [0, 0.05) is 26.6 Å². The second-order valence-corrected chi connectivity index (χ2v) is 4.53. The fourth-order valence-corrected chi connectivity index (χ4v) is 1.26. The first-order chi connectivity index (χ1) is 6.93. The first-order valence-corrected chi connectivity index (χ1v) is 5.47. The average molecular weight is 215 g/mol. The van der Waals surface area contributed by atoms with Gasteiger partial charge < -0.3 is 14.7 Å². The van der Waals surface area contributed by atoms with Crippen molar-refractivity contribution in [3.05, 3.63) is 0 Å². The van der Waals surface area contributed by atoms with Gasteiger partial charge in [-0.3, -0.25) is 4.79 Å². The molecule has 0 unspecified atom stereocenters. The Hall–Kier alpha value is -0.610. The van der Waals surface area contributed by atoms with Gasteiger partial charge in [0.15, 0.2) is 0 Å². The van der Waals surface area contributed by atoms with Crippen molar-refractivity contribution >= 4 is 5.91 Å². The van der Waals surface area contributed by atoms with Crippen LogP contribution in [-0.4, -0.2) is 75.5 Å². The maximum atomic E-state index is 11.6. The number of hydrogen-bond acceptors (Lipinski definition) is 3. The van der Waals surface area contributed by atoms with Crippen molar-refractivity contribution in [2.75, 3.05) is 54.9 Å². The van der Waals surface area contributed by atoms with Crippen LogP contribution < -0.4 is 0 Å². The number of nitrogens with zero attached hydrogens (tertiary/aromatic N) is 3. The fourth-order valence-electron chi connectivity index (χ4n) is 1.26. The molecular formula is C11H25N3O. The molecule has 0 aliphatic heterocycles. The summed E-state index contributed by atoms with van der Waals surface area (Å²) in [5.74, 6) is 0.238. The first kappa shape index (κ1) is 14.4. The van der Waals surface area contributed by atoms with E-state index in [1.54, 1.807) is 0 Å². The highest BCUT2D eigenvalue weighted by molar-refractivity contribution is 5.75. The second-order valence-electron chi connectivity index (χ2n) is 4.53. The maximum absolute atomic E-state index is 11.6. The first-order valence-electron chi connectivity index (χ1n) is 5.47. The lowest BCUT2D eigenvalue weighted by atomic mass is 10.3. The van der Waals surface area contributed by atoms with E-state index in [9.17, 15) is 4.79 Å². The topological polar surface area (TPSA) is 26.8 Å². The van der Waals surface area contributed by atoms with Gasteiger partial charge in [-0.05, 0) is 41.2 Å². The van der Waals surface area contributed by atoms with Gasteiger partial charge in [0.2, 0.25) is 5.91 Å². The van der Waals surface area contributed by atoms with E-state index in [0.29, 0.717) is 6.42 Å². The van der Waals surface area contributed by atoms with Gasteiger partial charge in [0.1, 0.15) is 0 Å². The zero-order valence-corrected chi connectivity index (χ0v) is 10.8. The number of carbonyl (C=O) groups is 1. The van der Waals surface area contributed by atoms with Crippen LogP contribution in [0.4, 0.5) is 0 Å². The quantitative estimate of drug-likeness (QED) is 0.613. The molecule has 0 aromatic heterocycles. The third-order valence-corrected chi connectivity index (χ3v) is 2.30. The van der Waals surface area contributed by atoms with Crippen molar-refractivity contribution in [3.63, 3.8) is 0 Å². The maximum Gasteiger partial charge on any atom is 0.223 e. The summed E-state index contributed by atoms with van der Waals surface area (Å²) in [4.78, 5) is 17.6. The normalized spacial score (nSPS) is 11.1. The van der Waals surface area contributed by atoms with Gasteiger partial charge in [-0.15, -0.1) is 0 Å². The van der Waals surface area contributed by atoms with E-state index in [1.165, 1.54) is 0 Å². The van der Waals surface area contributed by atoms with Crippen molar-refractivity contribution < 1.29 is 4.79 Å². The van der Waals surface area contributed by atoms with Crippen LogP contribution in [0.25, 0.3) is 0 Å². The molecule has 0 spiro atoms. The summed E-state index contributed by atoms with van der Waals surface area (Å²) in [6.07, 6.45) is 1.66. The molecule has 0 atom stereocenters. The fraction of sp³-hybridized carbons (Fsp3) is 0.909. The van der Waals surface area contributed by atoms with E-state index >= 15 is 0 Å². The van der Waals surface area contributed by atoms with Crippen LogP contribution in [-0.2, 0) is 4.79 Å². The Balaban J connectivity index is 3.60. The molecule has 0 saturated carbocycles. The summed E-state index contributed by atoms with van der Waals surface area (Å²) in [6.45, 7) is 2.71. The molecule has 0 aliphatic rings. The molecule has 0 bridgehead atoms. The van der Waals surface area contributed by atoms with E-state index in [2.05, 4.69) is 4.90 Å². The molecule has 0 N–H and O–H groups in total. The van der Waals surface area contributed by atoms with Crippen molar-refractivity contribution in [2.24, 2.45) is 0 Å². The van der Waals surface area contributed by atoms with E-state index in [-0.39, 0.29) is 5.91 Å². The SMILES string of the molecule is CN(C)CCCN(C)C(=O)CCN(C)C. The van der Waals surface area contributed by atoms with Crippen LogP contribution in [0.15, 0.2) is 0 Å². The predicted octanol–water partition coefficient (Wildman–Crippen LogP) is 0.348. The minimum atomic E-state index is 0.238. The van der Waals surface area contributed by atoms with Crippen molar-refractivity contribution in [3.8, 4) is 0 Å². The smallest absolute Gasteiger partial charge is 0.223 e. The number of amides is 1. The largest absolute Gasteiger partial charge is 0.346 e. The van der Waals surface area contributed by atoms with Crippen molar-refractivity contribution in [1.82, 2.24) is 14.7 Å². The van der Waals surface area contributed by atoms with Gasteiger partial charge in [-0.2, -0.15) is 0 Å². The monoisotopic (exact) mass is 215 g/mol. The van der Waals surface area contributed by atoms with Crippen LogP contribution in [0, 0.1) is 0 Å². The van der Waals surface area contributed by atoms with Crippen LogP contribution in [0.2, 0.25) is 0 Å². The predicted molar refractivity (Wildman–Crippen MR) is 64.0 cm³/mol. The molecular weight excluding hydrogens is 190 g/mol. The van der Waals surface area contributed by atoms with Crippen LogP contribution in [0.3, 0.4) is 0 Å². The molecule has 90 valence electrons.